The SMILES string of the molecule is CCS(=O)(=O)c1ccc(CC(=O)Nc2nc3c(s2)CN(C[C@H]2CC[C@H](C(=O)O)CC2)[C@H]3C(C)C)cc1. The summed E-state index contributed by atoms with van der Waals surface area (Å²) in [5.74, 6) is -0.127. The fourth-order valence-corrected chi connectivity index (χ4v) is 7.31. The van der Waals surface area contributed by atoms with Gasteiger partial charge in [-0.25, -0.2) is 13.4 Å². The van der Waals surface area contributed by atoms with Crippen molar-refractivity contribution >= 4 is 38.2 Å². The zero-order valence-electron chi connectivity index (χ0n) is 21.1. The highest BCUT2D eigenvalue weighted by molar-refractivity contribution is 7.91. The van der Waals surface area contributed by atoms with Crippen LogP contribution in [0.2, 0.25) is 0 Å². The summed E-state index contributed by atoms with van der Waals surface area (Å²) in [4.78, 5) is 32.6. The number of hydrogen-bond acceptors (Lipinski definition) is 7. The average molecular weight is 534 g/mol. The van der Waals surface area contributed by atoms with Gasteiger partial charge in [-0.15, -0.1) is 11.3 Å². The maximum atomic E-state index is 12.6. The third-order valence-corrected chi connectivity index (χ3v) is 10.1. The van der Waals surface area contributed by atoms with Gasteiger partial charge in [0.2, 0.25) is 5.91 Å². The molecule has 0 bridgehead atoms. The van der Waals surface area contributed by atoms with Gasteiger partial charge in [-0.2, -0.15) is 0 Å². The molecule has 0 radical (unpaired) electrons. The number of fused-ring (bicyclic) bond motifs is 1. The van der Waals surface area contributed by atoms with Crippen molar-refractivity contribution in [3.63, 3.8) is 0 Å². The molecule has 0 spiro atoms. The van der Waals surface area contributed by atoms with Gasteiger partial charge in [0.1, 0.15) is 0 Å². The Morgan fingerprint density at radius 3 is 2.42 bits per heavy atom. The lowest BCUT2D eigenvalue weighted by molar-refractivity contribution is -0.143. The molecule has 1 amide bonds. The number of rotatable bonds is 9. The molecule has 10 heteroatoms. The normalized spacial score (nSPS) is 22.5. The Labute approximate surface area is 217 Å². The number of carbonyl (C=O) groups excluding carboxylic acids is 1. The topological polar surface area (TPSA) is 117 Å². The molecule has 0 saturated heterocycles. The molecule has 36 heavy (non-hydrogen) atoms. The standard InChI is InChI=1S/C26H35N3O5S2/c1-4-36(33,34)20-11-7-17(8-12-20)13-22(30)27-26-28-23-21(35-26)15-29(24(23)16(2)3)14-18-5-9-19(10-6-18)25(31)32/h7-8,11-12,16,18-19,24H,4-6,9-10,13-15H2,1-3H3,(H,31,32)(H,27,28,30)/t18-,19-,24-/m0/s1. The van der Waals surface area contributed by atoms with Gasteiger partial charge in [-0.05, 0) is 55.2 Å². The zero-order valence-corrected chi connectivity index (χ0v) is 22.7. The molecule has 1 atom stereocenters. The highest BCUT2D eigenvalue weighted by Crippen LogP contribution is 2.43. The molecule has 2 aliphatic rings. The van der Waals surface area contributed by atoms with Crippen molar-refractivity contribution in [2.75, 3.05) is 17.6 Å². The first-order chi connectivity index (χ1) is 17.1. The molecule has 2 aromatic rings. The average Bonchev–Trinajstić information content (AvgIpc) is 3.35. The van der Waals surface area contributed by atoms with Crippen LogP contribution in [0.4, 0.5) is 5.13 Å². The van der Waals surface area contributed by atoms with E-state index in [1.165, 1.54) is 16.2 Å². The molecule has 1 saturated carbocycles. The van der Waals surface area contributed by atoms with E-state index in [-0.39, 0.29) is 34.9 Å². The zero-order chi connectivity index (χ0) is 26.0. The largest absolute Gasteiger partial charge is 0.481 e. The van der Waals surface area contributed by atoms with Crippen LogP contribution in [-0.4, -0.2) is 47.6 Å². The fraction of sp³-hybridized carbons (Fsp3) is 0.577. The van der Waals surface area contributed by atoms with E-state index in [2.05, 4.69) is 24.1 Å². The number of carbonyl (C=O) groups is 2. The summed E-state index contributed by atoms with van der Waals surface area (Å²) in [5.41, 5.74) is 1.79. The van der Waals surface area contributed by atoms with Gasteiger partial charge in [0.15, 0.2) is 15.0 Å². The number of nitrogens with zero attached hydrogens (tertiary/aromatic N) is 2. The highest BCUT2D eigenvalue weighted by atomic mass is 32.2. The summed E-state index contributed by atoms with van der Waals surface area (Å²) in [6, 6.07) is 6.65. The lowest BCUT2D eigenvalue weighted by Crippen LogP contribution is -2.33. The molecule has 2 heterocycles. The number of thiazole rings is 1. The van der Waals surface area contributed by atoms with E-state index in [0.717, 1.165) is 50.0 Å². The highest BCUT2D eigenvalue weighted by Gasteiger charge is 2.38. The minimum Gasteiger partial charge on any atom is -0.481 e. The van der Waals surface area contributed by atoms with Crippen LogP contribution in [0.3, 0.4) is 0 Å². The molecular weight excluding hydrogens is 498 g/mol. The second-order valence-electron chi connectivity index (χ2n) is 10.3. The van der Waals surface area contributed by atoms with Crippen molar-refractivity contribution in [3.05, 3.63) is 40.4 Å². The van der Waals surface area contributed by atoms with Gasteiger partial charge in [0.05, 0.1) is 34.7 Å². The van der Waals surface area contributed by atoms with Crippen LogP contribution in [0.25, 0.3) is 0 Å². The summed E-state index contributed by atoms with van der Waals surface area (Å²) in [6.07, 6.45) is 3.56. The van der Waals surface area contributed by atoms with E-state index in [1.807, 2.05) is 0 Å². The summed E-state index contributed by atoms with van der Waals surface area (Å²) >= 11 is 1.52. The molecule has 1 aliphatic heterocycles. The molecule has 2 N–H and O–H groups in total. The summed E-state index contributed by atoms with van der Waals surface area (Å²) in [7, 11) is -3.26. The minimum absolute atomic E-state index is 0.0438. The van der Waals surface area contributed by atoms with E-state index >= 15 is 0 Å². The summed E-state index contributed by atoms with van der Waals surface area (Å²) in [6.45, 7) is 7.74. The quantitative estimate of drug-likeness (QED) is 0.487. The van der Waals surface area contributed by atoms with Gasteiger partial charge in [0.25, 0.3) is 0 Å². The van der Waals surface area contributed by atoms with Gasteiger partial charge >= 0.3 is 5.97 Å². The number of hydrogen-bond donors (Lipinski definition) is 2. The number of nitrogens with one attached hydrogen (secondary N) is 1. The van der Waals surface area contributed by atoms with E-state index in [9.17, 15) is 23.1 Å². The number of carboxylic acids is 1. The van der Waals surface area contributed by atoms with E-state index in [4.69, 9.17) is 4.98 Å². The first-order valence-corrected chi connectivity index (χ1v) is 15.1. The molecule has 1 fully saturated rings. The van der Waals surface area contributed by atoms with Crippen LogP contribution >= 0.6 is 11.3 Å². The number of amides is 1. The van der Waals surface area contributed by atoms with Crippen LogP contribution in [-0.2, 0) is 32.4 Å². The predicted octanol–water partition coefficient (Wildman–Crippen LogP) is 4.52. The molecule has 1 aromatic heterocycles. The fourth-order valence-electron chi connectivity index (χ4n) is 5.39. The summed E-state index contributed by atoms with van der Waals surface area (Å²) in [5, 5.41) is 12.8. The third-order valence-electron chi connectivity index (χ3n) is 7.34. The lowest BCUT2D eigenvalue weighted by atomic mass is 9.81. The maximum absolute atomic E-state index is 12.6. The lowest BCUT2D eigenvalue weighted by Gasteiger charge is -2.34. The molecule has 0 unspecified atom stereocenters. The molecule has 4 rings (SSSR count). The van der Waals surface area contributed by atoms with Crippen molar-refractivity contribution in [1.29, 1.82) is 0 Å². The Hall–Kier alpha value is -2.30. The van der Waals surface area contributed by atoms with Crippen molar-refractivity contribution in [2.45, 2.75) is 70.4 Å². The van der Waals surface area contributed by atoms with E-state index < -0.39 is 15.8 Å². The van der Waals surface area contributed by atoms with Crippen molar-refractivity contribution in [2.24, 2.45) is 17.8 Å². The van der Waals surface area contributed by atoms with Crippen LogP contribution < -0.4 is 5.32 Å². The van der Waals surface area contributed by atoms with Crippen molar-refractivity contribution in [1.82, 2.24) is 9.88 Å². The molecule has 1 aliphatic carbocycles. The maximum Gasteiger partial charge on any atom is 0.306 e. The van der Waals surface area contributed by atoms with Crippen LogP contribution in [0.15, 0.2) is 29.2 Å². The van der Waals surface area contributed by atoms with Gasteiger partial charge in [-0.3, -0.25) is 14.5 Å². The number of benzene rings is 1. The molecular formula is C26H35N3O5S2. The second kappa shape index (κ2) is 11.0. The van der Waals surface area contributed by atoms with Gasteiger partial charge < -0.3 is 10.4 Å². The van der Waals surface area contributed by atoms with Gasteiger partial charge in [-0.1, -0.05) is 32.9 Å². The Bertz CT molecular complexity index is 1200. The first-order valence-electron chi connectivity index (χ1n) is 12.6. The Morgan fingerprint density at radius 1 is 1.17 bits per heavy atom. The van der Waals surface area contributed by atoms with Gasteiger partial charge in [0, 0.05) is 18.0 Å². The smallest absolute Gasteiger partial charge is 0.306 e. The Morgan fingerprint density at radius 2 is 1.83 bits per heavy atom. The molecule has 196 valence electrons. The Kier molecular flexibility index (Phi) is 8.16. The minimum atomic E-state index is -3.26. The number of carboxylic acid groups (broad SMARTS) is 1. The third kappa shape index (κ3) is 5.98. The van der Waals surface area contributed by atoms with E-state index in [0.29, 0.717) is 17.0 Å². The monoisotopic (exact) mass is 533 g/mol. The van der Waals surface area contributed by atoms with Crippen LogP contribution in [0.5, 0.6) is 0 Å². The Balaban J connectivity index is 1.36. The number of aliphatic carboxylic acids is 1. The van der Waals surface area contributed by atoms with Crippen molar-refractivity contribution in [3.8, 4) is 0 Å². The molecule has 8 nitrogen and oxygen atoms in total. The van der Waals surface area contributed by atoms with Crippen molar-refractivity contribution < 1.29 is 23.1 Å². The summed E-state index contributed by atoms with van der Waals surface area (Å²) < 4.78 is 24.0. The van der Waals surface area contributed by atoms with E-state index in [1.54, 1.807) is 31.2 Å². The van der Waals surface area contributed by atoms with Crippen LogP contribution in [0, 0.1) is 17.8 Å². The molecule has 1 aromatic carbocycles. The number of sulfone groups is 1. The van der Waals surface area contributed by atoms with Crippen LogP contribution in [0.1, 0.15) is 68.6 Å². The number of anilines is 1. The second-order valence-corrected chi connectivity index (χ2v) is 13.6. The number of aromatic nitrogens is 1. The first kappa shape index (κ1) is 26.8. The predicted molar refractivity (Wildman–Crippen MR) is 140 cm³/mol.